The normalized spacial score (nSPS) is 10.9. The van der Waals surface area contributed by atoms with E-state index in [9.17, 15) is 0 Å². The van der Waals surface area contributed by atoms with Gasteiger partial charge in [0.05, 0.1) is 12.7 Å². The predicted octanol–water partition coefficient (Wildman–Crippen LogP) is 0.715. The first-order valence-corrected chi connectivity index (χ1v) is 5.43. The van der Waals surface area contributed by atoms with Crippen molar-refractivity contribution >= 4 is 0 Å². The second kappa shape index (κ2) is 4.94. The summed E-state index contributed by atoms with van der Waals surface area (Å²) in [6.45, 7) is 4.75. The molecule has 0 aliphatic carbocycles. The number of hydrogen-bond donors (Lipinski definition) is 1. The van der Waals surface area contributed by atoms with Gasteiger partial charge in [-0.3, -0.25) is 9.36 Å². The van der Waals surface area contributed by atoms with Crippen LogP contribution in [0.2, 0.25) is 0 Å². The fourth-order valence-corrected chi connectivity index (χ4v) is 1.57. The highest BCUT2D eigenvalue weighted by Gasteiger charge is 2.02. The molecule has 5 nitrogen and oxygen atoms in total. The number of nitrogens with one attached hydrogen (secondary N) is 1. The maximum Gasteiger partial charge on any atom is 0.0537 e. The molecule has 16 heavy (non-hydrogen) atoms. The van der Waals surface area contributed by atoms with Gasteiger partial charge >= 0.3 is 0 Å². The van der Waals surface area contributed by atoms with Gasteiger partial charge in [0.1, 0.15) is 0 Å². The van der Waals surface area contributed by atoms with E-state index in [1.165, 1.54) is 11.3 Å². The molecule has 0 aliphatic heterocycles. The topological polar surface area (TPSA) is 47.7 Å². The van der Waals surface area contributed by atoms with Crippen LogP contribution in [0.3, 0.4) is 0 Å². The SMILES string of the molecule is Cc1c(CNCCn2cccn2)cnn1C. The molecule has 0 fully saturated rings. The van der Waals surface area contributed by atoms with Crippen LogP contribution in [0.1, 0.15) is 11.3 Å². The molecular weight excluding hydrogens is 202 g/mol. The summed E-state index contributed by atoms with van der Waals surface area (Å²) in [4.78, 5) is 0. The Morgan fingerprint density at radius 2 is 2.25 bits per heavy atom. The van der Waals surface area contributed by atoms with Gasteiger partial charge < -0.3 is 5.32 Å². The van der Waals surface area contributed by atoms with Crippen LogP contribution in [0, 0.1) is 6.92 Å². The molecule has 0 spiro atoms. The van der Waals surface area contributed by atoms with Crippen LogP contribution in [0.5, 0.6) is 0 Å². The molecule has 0 radical (unpaired) electrons. The zero-order valence-electron chi connectivity index (χ0n) is 9.72. The minimum absolute atomic E-state index is 0.862. The average Bonchev–Trinajstić information content (AvgIpc) is 2.88. The van der Waals surface area contributed by atoms with Gasteiger partial charge in [-0.2, -0.15) is 10.2 Å². The van der Waals surface area contributed by atoms with Crippen LogP contribution in [-0.4, -0.2) is 26.1 Å². The van der Waals surface area contributed by atoms with E-state index in [1.807, 2.05) is 34.9 Å². The molecule has 2 heterocycles. The van der Waals surface area contributed by atoms with Gasteiger partial charge in [-0.15, -0.1) is 0 Å². The van der Waals surface area contributed by atoms with E-state index in [1.54, 1.807) is 6.20 Å². The van der Waals surface area contributed by atoms with Gasteiger partial charge in [-0.25, -0.2) is 0 Å². The van der Waals surface area contributed by atoms with E-state index in [0.29, 0.717) is 0 Å². The predicted molar refractivity (Wildman–Crippen MR) is 61.9 cm³/mol. The summed E-state index contributed by atoms with van der Waals surface area (Å²) in [5.74, 6) is 0. The van der Waals surface area contributed by atoms with Gasteiger partial charge in [-0.1, -0.05) is 0 Å². The van der Waals surface area contributed by atoms with Crippen LogP contribution in [0.4, 0.5) is 0 Å². The van der Waals surface area contributed by atoms with Crippen LogP contribution in [-0.2, 0) is 20.1 Å². The quantitative estimate of drug-likeness (QED) is 0.754. The second-order valence-corrected chi connectivity index (χ2v) is 3.82. The number of hydrogen-bond acceptors (Lipinski definition) is 3. The maximum absolute atomic E-state index is 4.20. The van der Waals surface area contributed by atoms with Gasteiger partial charge in [0, 0.05) is 43.8 Å². The Labute approximate surface area is 95.1 Å². The smallest absolute Gasteiger partial charge is 0.0537 e. The number of aryl methyl sites for hydroxylation is 1. The lowest BCUT2D eigenvalue weighted by Gasteiger charge is -2.04. The summed E-state index contributed by atoms with van der Waals surface area (Å²) in [5.41, 5.74) is 2.47. The molecule has 0 bridgehead atoms. The molecule has 0 atom stereocenters. The highest BCUT2D eigenvalue weighted by molar-refractivity contribution is 5.15. The van der Waals surface area contributed by atoms with E-state index in [2.05, 4.69) is 22.4 Å². The molecule has 5 heteroatoms. The van der Waals surface area contributed by atoms with Crippen LogP contribution in [0.15, 0.2) is 24.7 Å². The first kappa shape index (κ1) is 10.9. The first-order valence-electron chi connectivity index (χ1n) is 5.43. The highest BCUT2D eigenvalue weighted by atomic mass is 15.3. The maximum atomic E-state index is 4.20. The Bertz CT molecular complexity index is 429. The van der Waals surface area contributed by atoms with Crippen LogP contribution < -0.4 is 5.32 Å². The molecule has 2 aromatic heterocycles. The molecule has 1 N–H and O–H groups in total. The largest absolute Gasteiger partial charge is 0.311 e. The van der Waals surface area contributed by atoms with Crippen molar-refractivity contribution in [3.8, 4) is 0 Å². The lowest BCUT2D eigenvalue weighted by molar-refractivity contribution is 0.554. The first-order chi connectivity index (χ1) is 7.77. The van der Waals surface area contributed by atoms with E-state index < -0.39 is 0 Å². The Kier molecular flexibility index (Phi) is 3.36. The molecule has 0 aliphatic rings. The van der Waals surface area contributed by atoms with Crippen molar-refractivity contribution in [1.29, 1.82) is 0 Å². The zero-order chi connectivity index (χ0) is 11.4. The summed E-state index contributed by atoms with van der Waals surface area (Å²) in [6, 6.07) is 1.94. The summed E-state index contributed by atoms with van der Waals surface area (Å²) in [6.07, 6.45) is 5.68. The molecule has 0 amide bonds. The third-order valence-electron chi connectivity index (χ3n) is 2.73. The number of aromatic nitrogens is 4. The Morgan fingerprint density at radius 3 is 2.88 bits per heavy atom. The summed E-state index contributed by atoms with van der Waals surface area (Å²) in [7, 11) is 1.96. The average molecular weight is 219 g/mol. The molecule has 2 rings (SSSR count). The Hall–Kier alpha value is -1.62. The van der Waals surface area contributed by atoms with Crippen molar-refractivity contribution in [3.05, 3.63) is 35.9 Å². The molecule has 0 saturated heterocycles. The lowest BCUT2D eigenvalue weighted by atomic mass is 10.2. The van der Waals surface area contributed by atoms with Gasteiger partial charge in [-0.05, 0) is 13.0 Å². The standard InChI is InChI=1S/C11H17N5/c1-10-11(9-14-15(10)2)8-12-5-7-16-6-3-4-13-16/h3-4,6,9,12H,5,7-8H2,1-2H3. The van der Waals surface area contributed by atoms with Crippen molar-refractivity contribution in [1.82, 2.24) is 24.9 Å². The molecule has 0 saturated carbocycles. The zero-order valence-corrected chi connectivity index (χ0v) is 9.72. The lowest BCUT2D eigenvalue weighted by Crippen LogP contribution is -2.20. The third kappa shape index (κ3) is 2.49. The minimum atomic E-state index is 0.862. The monoisotopic (exact) mass is 219 g/mol. The Balaban J connectivity index is 1.74. The second-order valence-electron chi connectivity index (χ2n) is 3.82. The fraction of sp³-hybridized carbons (Fsp3) is 0.455. The molecule has 86 valence electrons. The highest BCUT2D eigenvalue weighted by Crippen LogP contribution is 2.04. The molecule has 2 aromatic rings. The summed E-state index contributed by atoms with van der Waals surface area (Å²) in [5, 5.41) is 11.7. The van der Waals surface area contributed by atoms with Crippen molar-refractivity contribution in [2.24, 2.45) is 7.05 Å². The van der Waals surface area contributed by atoms with Gasteiger partial charge in [0.25, 0.3) is 0 Å². The van der Waals surface area contributed by atoms with Crippen molar-refractivity contribution in [3.63, 3.8) is 0 Å². The molecular formula is C11H17N5. The van der Waals surface area contributed by atoms with E-state index >= 15 is 0 Å². The van der Waals surface area contributed by atoms with Gasteiger partial charge in [0.15, 0.2) is 0 Å². The number of rotatable bonds is 5. The van der Waals surface area contributed by atoms with Crippen LogP contribution in [0.25, 0.3) is 0 Å². The molecule has 0 aromatic carbocycles. The third-order valence-corrected chi connectivity index (χ3v) is 2.73. The van der Waals surface area contributed by atoms with Crippen molar-refractivity contribution in [2.45, 2.75) is 20.0 Å². The van der Waals surface area contributed by atoms with Crippen LogP contribution >= 0.6 is 0 Å². The van der Waals surface area contributed by atoms with E-state index in [4.69, 9.17) is 0 Å². The van der Waals surface area contributed by atoms with E-state index in [0.717, 1.165) is 19.6 Å². The number of nitrogens with zero attached hydrogens (tertiary/aromatic N) is 4. The fourth-order valence-electron chi connectivity index (χ4n) is 1.57. The van der Waals surface area contributed by atoms with Crippen molar-refractivity contribution < 1.29 is 0 Å². The van der Waals surface area contributed by atoms with E-state index in [-0.39, 0.29) is 0 Å². The van der Waals surface area contributed by atoms with Gasteiger partial charge in [0.2, 0.25) is 0 Å². The summed E-state index contributed by atoms with van der Waals surface area (Å²) < 4.78 is 3.81. The van der Waals surface area contributed by atoms with Crippen molar-refractivity contribution in [2.75, 3.05) is 6.54 Å². The Morgan fingerprint density at radius 1 is 1.38 bits per heavy atom. The summed E-state index contributed by atoms with van der Waals surface area (Å²) >= 11 is 0. The molecule has 0 unspecified atom stereocenters. The minimum Gasteiger partial charge on any atom is -0.311 e.